The zero-order chi connectivity index (χ0) is 22.9. The molecule has 32 heavy (non-hydrogen) atoms. The van der Waals surface area contributed by atoms with E-state index in [2.05, 4.69) is 16.7 Å². The molecule has 7 nitrogen and oxygen atoms in total. The highest BCUT2D eigenvalue weighted by Gasteiger charge is 2.18. The molecule has 4 N–H and O–H groups in total. The molecule has 1 aromatic carbocycles. The second-order valence-corrected chi connectivity index (χ2v) is 7.74. The number of fused-ring (bicyclic) bond motifs is 1. The first-order valence-corrected chi connectivity index (χ1v) is 10.7. The summed E-state index contributed by atoms with van der Waals surface area (Å²) in [5, 5.41) is 23.3. The maximum absolute atomic E-state index is 14.2. The summed E-state index contributed by atoms with van der Waals surface area (Å²) in [6.45, 7) is 0.941. The summed E-state index contributed by atoms with van der Waals surface area (Å²) in [5.41, 5.74) is 3.46. The fourth-order valence-corrected chi connectivity index (χ4v) is 3.82. The standard InChI is InChI=1S/C24H29FN4O3/c1-32-22-10-8-17(14-20(22)25)21(15-23(30)31)28-19(11-12-26)6-2-5-18-9-7-16-4-3-13-27-24(16)29-18/h7-12,14,21,26,28H,2-6,13,15H2,1H3,(H,27,29)(H,30,31)/b19-11-,26-12?. The lowest BCUT2D eigenvalue weighted by molar-refractivity contribution is -0.137. The van der Waals surface area contributed by atoms with Crippen molar-refractivity contribution in [3.8, 4) is 5.75 Å². The Morgan fingerprint density at radius 2 is 2.25 bits per heavy atom. The molecule has 1 unspecified atom stereocenters. The van der Waals surface area contributed by atoms with Gasteiger partial charge in [0, 0.05) is 24.2 Å². The minimum atomic E-state index is -1.00. The third kappa shape index (κ3) is 6.29. The van der Waals surface area contributed by atoms with Crippen molar-refractivity contribution in [1.29, 1.82) is 5.41 Å². The van der Waals surface area contributed by atoms with Gasteiger partial charge in [0.15, 0.2) is 11.6 Å². The average Bonchev–Trinajstić information content (AvgIpc) is 2.78. The van der Waals surface area contributed by atoms with Crippen molar-refractivity contribution < 1.29 is 19.0 Å². The van der Waals surface area contributed by atoms with Crippen LogP contribution in [0.25, 0.3) is 0 Å². The van der Waals surface area contributed by atoms with Crippen LogP contribution in [0, 0.1) is 11.2 Å². The van der Waals surface area contributed by atoms with Crippen molar-refractivity contribution in [2.75, 3.05) is 19.0 Å². The molecule has 0 fully saturated rings. The van der Waals surface area contributed by atoms with Gasteiger partial charge in [0.1, 0.15) is 5.82 Å². The number of nitrogens with one attached hydrogen (secondary N) is 3. The number of benzene rings is 1. The van der Waals surface area contributed by atoms with Crippen LogP contribution < -0.4 is 15.4 Å². The smallest absolute Gasteiger partial charge is 0.305 e. The number of aromatic nitrogens is 1. The van der Waals surface area contributed by atoms with Crippen LogP contribution in [0.3, 0.4) is 0 Å². The summed E-state index contributed by atoms with van der Waals surface area (Å²) in [7, 11) is 1.38. The maximum atomic E-state index is 14.2. The number of methoxy groups -OCH3 is 1. The number of allylic oxidation sites excluding steroid dienone is 2. The number of aliphatic carboxylic acids is 1. The molecule has 2 heterocycles. The predicted molar refractivity (Wildman–Crippen MR) is 122 cm³/mol. The van der Waals surface area contributed by atoms with E-state index < -0.39 is 17.8 Å². The molecule has 1 aliphatic rings. The van der Waals surface area contributed by atoms with Gasteiger partial charge in [-0.05, 0) is 67.5 Å². The molecule has 2 aromatic rings. The van der Waals surface area contributed by atoms with E-state index in [0.717, 1.165) is 55.7 Å². The van der Waals surface area contributed by atoms with Gasteiger partial charge in [0.2, 0.25) is 0 Å². The van der Waals surface area contributed by atoms with E-state index in [1.54, 1.807) is 12.1 Å². The van der Waals surface area contributed by atoms with Crippen molar-refractivity contribution in [1.82, 2.24) is 10.3 Å². The van der Waals surface area contributed by atoms with Crippen LogP contribution in [-0.4, -0.2) is 35.9 Å². The predicted octanol–water partition coefficient (Wildman–Crippen LogP) is 4.25. The average molecular weight is 441 g/mol. The van der Waals surface area contributed by atoms with E-state index in [1.807, 2.05) is 6.07 Å². The first kappa shape index (κ1) is 23.2. The number of nitrogens with zero attached hydrogens (tertiary/aromatic N) is 1. The van der Waals surface area contributed by atoms with Crippen LogP contribution in [-0.2, 0) is 17.6 Å². The molecule has 1 aliphatic heterocycles. The monoisotopic (exact) mass is 440 g/mol. The Bertz CT molecular complexity index is 993. The first-order chi connectivity index (χ1) is 15.5. The number of carboxylic acids is 1. The molecule has 0 saturated carbocycles. The fourth-order valence-electron chi connectivity index (χ4n) is 3.82. The summed E-state index contributed by atoms with van der Waals surface area (Å²) in [6.07, 6.45) is 6.85. The molecule has 0 saturated heterocycles. The van der Waals surface area contributed by atoms with Gasteiger partial charge in [-0.3, -0.25) is 4.79 Å². The van der Waals surface area contributed by atoms with E-state index in [-0.39, 0.29) is 12.2 Å². The van der Waals surface area contributed by atoms with E-state index in [9.17, 15) is 14.3 Å². The highest BCUT2D eigenvalue weighted by molar-refractivity contribution is 5.69. The largest absolute Gasteiger partial charge is 0.494 e. The summed E-state index contributed by atoms with van der Waals surface area (Å²) in [5.74, 6) is -0.485. The first-order valence-electron chi connectivity index (χ1n) is 10.7. The Morgan fingerprint density at radius 3 is 2.97 bits per heavy atom. The highest BCUT2D eigenvalue weighted by atomic mass is 19.1. The van der Waals surface area contributed by atoms with Crippen LogP contribution in [0.2, 0.25) is 0 Å². The van der Waals surface area contributed by atoms with Crippen LogP contribution >= 0.6 is 0 Å². The molecule has 0 aliphatic carbocycles. The number of hydrogen-bond donors (Lipinski definition) is 4. The van der Waals surface area contributed by atoms with Gasteiger partial charge in [-0.25, -0.2) is 9.37 Å². The fraction of sp³-hybridized carbons (Fsp3) is 0.375. The number of pyridine rings is 1. The lowest BCUT2D eigenvalue weighted by Gasteiger charge is -2.21. The van der Waals surface area contributed by atoms with Gasteiger partial charge < -0.3 is 25.9 Å². The minimum absolute atomic E-state index is 0.102. The lowest BCUT2D eigenvalue weighted by Crippen LogP contribution is -2.24. The van der Waals surface area contributed by atoms with Crippen molar-refractivity contribution in [3.63, 3.8) is 0 Å². The molecule has 1 aromatic heterocycles. The highest BCUT2D eigenvalue weighted by Crippen LogP contribution is 2.26. The number of carboxylic acid groups (broad SMARTS) is 1. The molecule has 3 rings (SSSR count). The second kappa shape index (κ2) is 11.3. The van der Waals surface area contributed by atoms with E-state index in [1.165, 1.54) is 24.8 Å². The molecule has 0 amide bonds. The number of anilines is 1. The summed E-state index contributed by atoms with van der Waals surface area (Å²) < 4.78 is 19.1. The number of hydrogen-bond acceptors (Lipinski definition) is 6. The lowest BCUT2D eigenvalue weighted by atomic mass is 10.0. The van der Waals surface area contributed by atoms with Gasteiger partial charge >= 0.3 is 5.97 Å². The molecule has 1 atom stereocenters. The normalized spacial score (nSPS) is 14.1. The summed E-state index contributed by atoms with van der Waals surface area (Å²) in [4.78, 5) is 16.1. The molecule has 0 radical (unpaired) electrons. The van der Waals surface area contributed by atoms with Crippen LogP contribution in [0.15, 0.2) is 42.1 Å². The maximum Gasteiger partial charge on any atom is 0.305 e. The number of carbonyl (C=O) groups is 1. The Kier molecular flexibility index (Phi) is 8.19. The number of rotatable bonds is 11. The van der Waals surface area contributed by atoms with Gasteiger partial charge in [0.05, 0.1) is 19.6 Å². The van der Waals surface area contributed by atoms with Crippen LogP contribution in [0.5, 0.6) is 5.75 Å². The van der Waals surface area contributed by atoms with Crippen LogP contribution in [0.1, 0.15) is 48.5 Å². The van der Waals surface area contributed by atoms with E-state index in [0.29, 0.717) is 12.0 Å². The van der Waals surface area contributed by atoms with E-state index >= 15 is 0 Å². The Labute approximate surface area is 187 Å². The SMILES string of the molecule is COc1ccc(C(CC(=O)O)N/C(=C\C=N)CCCc2ccc3c(n2)NCCC3)cc1F. The zero-order valence-electron chi connectivity index (χ0n) is 18.2. The van der Waals surface area contributed by atoms with Gasteiger partial charge in [-0.15, -0.1) is 0 Å². The van der Waals surface area contributed by atoms with Crippen molar-refractivity contribution >= 4 is 18.0 Å². The van der Waals surface area contributed by atoms with Crippen LogP contribution in [0.4, 0.5) is 10.2 Å². The molecular weight excluding hydrogens is 411 g/mol. The Hall–Kier alpha value is -3.42. The van der Waals surface area contributed by atoms with Crippen molar-refractivity contribution in [2.45, 2.75) is 44.6 Å². The number of halogens is 1. The molecule has 0 bridgehead atoms. The van der Waals surface area contributed by atoms with Crippen molar-refractivity contribution in [3.05, 3.63) is 64.7 Å². The van der Waals surface area contributed by atoms with Crippen molar-refractivity contribution in [2.24, 2.45) is 0 Å². The quantitative estimate of drug-likeness (QED) is 0.389. The summed E-state index contributed by atoms with van der Waals surface area (Å²) in [6, 6.07) is 7.95. The van der Waals surface area contributed by atoms with Gasteiger partial charge in [-0.1, -0.05) is 12.1 Å². The molecular formula is C24H29FN4O3. The molecule has 0 spiro atoms. The molecule has 8 heteroatoms. The molecule has 170 valence electrons. The third-order valence-corrected chi connectivity index (χ3v) is 5.43. The number of ether oxygens (including phenoxy) is 1. The Balaban J connectivity index is 1.66. The Morgan fingerprint density at radius 1 is 1.41 bits per heavy atom. The summed E-state index contributed by atoms with van der Waals surface area (Å²) >= 11 is 0. The second-order valence-electron chi connectivity index (χ2n) is 7.74. The number of aryl methyl sites for hydroxylation is 2. The van der Waals surface area contributed by atoms with Gasteiger partial charge in [-0.2, -0.15) is 0 Å². The topological polar surface area (TPSA) is 107 Å². The minimum Gasteiger partial charge on any atom is -0.494 e. The zero-order valence-corrected chi connectivity index (χ0v) is 18.2. The third-order valence-electron chi connectivity index (χ3n) is 5.43. The van der Waals surface area contributed by atoms with Gasteiger partial charge in [0.25, 0.3) is 0 Å². The van der Waals surface area contributed by atoms with E-state index in [4.69, 9.17) is 15.1 Å².